The van der Waals surface area contributed by atoms with Gasteiger partial charge in [-0.05, 0) is 78.4 Å². The predicted octanol–water partition coefficient (Wildman–Crippen LogP) is 5.34. The monoisotopic (exact) mass is 532 g/mol. The van der Waals surface area contributed by atoms with Crippen LogP contribution >= 0.6 is 0 Å². The van der Waals surface area contributed by atoms with Gasteiger partial charge in [0.25, 0.3) is 0 Å². The molecule has 0 aliphatic heterocycles. The summed E-state index contributed by atoms with van der Waals surface area (Å²) < 4.78 is 14.4. The molecule has 0 radical (unpaired) electrons. The minimum atomic E-state index is -0.942. The SMILES string of the molecule is COC(=O)C=Cc1ccc(C(=O)OCc2ccccc2)cc1C.COC(=O)CCc1ccc(C(=O)O)cc1C. The normalized spacial score (nSPS) is 10.3. The summed E-state index contributed by atoms with van der Waals surface area (Å²) in [4.78, 5) is 44.8. The Morgan fingerprint density at radius 1 is 0.821 bits per heavy atom. The van der Waals surface area contributed by atoms with E-state index in [2.05, 4.69) is 9.47 Å². The first-order valence-corrected chi connectivity index (χ1v) is 12.1. The molecule has 0 bridgehead atoms. The molecule has 0 saturated carbocycles. The summed E-state index contributed by atoms with van der Waals surface area (Å²) in [5, 5.41) is 8.78. The van der Waals surface area contributed by atoms with Gasteiger partial charge in [0.05, 0.1) is 25.3 Å². The van der Waals surface area contributed by atoms with Gasteiger partial charge in [-0.3, -0.25) is 4.79 Å². The molecule has 0 aliphatic carbocycles. The summed E-state index contributed by atoms with van der Waals surface area (Å²) in [7, 11) is 2.67. The van der Waals surface area contributed by atoms with Crippen LogP contribution in [0.2, 0.25) is 0 Å². The number of carbonyl (C=O) groups excluding carboxylic acids is 3. The third-order valence-electron chi connectivity index (χ3n) is 5.73. The van der Waals surface area contributed by atoms with Gasteiger partial charge < -0.3 is 19.3 Å². The Morgan fingerprint density at radius 2 is 1.49 bits per heavy atom. The predicted molar refractivity (Wildman–Crippen MR) is 146 cm³/mol. The molecular weight excluding hydrogens is 500 g/mol. The molecule has 39 heavy (non-hydrogen) atoms. The molecule has 3 aromatic rings. The van der Waals surface area contributed by atoms with Crippen molar-refractivity contribution in [3.05, 3.63) is 112 Å². The molecule has 0 amide bonds. The van der Waals surface area contributed by atoms with Gasteiger partial charge in [0, 0.05) is 12.5 Å². The maximum absolute atomic E-state index is 12.1. The summed E-state index contributed by atoms with van der Waals surface area (Å²) >= 11 is 0. The Hall–Kier alpha value is -4.72. The van der Waals surface area contributed by atoms with E-state index in [0.29, 0.717) is 18.4 Å². The van der Waals surface area contributed by atoms with Gasteiger partial charge in [-0.25, -0.2) is 14.4 Å². The number of hydrogen-bond donors (Lipinski definition) is 1. The van der Waals surface area contributed by atoms with E-state index in [4.69, 9.17) is 9.84 Å². The van der Waals surface area contributed by atoms with Crippen LogP contribution in [0.3, 0.4) is 0 Å². The zero-order valence-corrected chi connectivity index (χ0v) is 22.4. The van der Waals surface area contributed by atoms with Gasteiger partial charge in [0.2, 0.25) is 0 Å². The van der Waals surface area contributed by atoms with Gasteiger partial charge in [-0.15, -0.1) is 0 Å². The maximum atomic E-state index is 12.1. The van der Waals surface area contributed by atoms with E-state index in [0.717, 1.165) is 27.8 Å². The van der Waals surface area contributed by atoms with Gasteiger partial charge in [0.15, 0.2) is 0 Å². The number of carboxylic acids is 1. The maximum Gasteiger partial charge on any atom is 0.338 e. The van der Waals surface area contributed by atoms with Crippen molar-refractivity contribution in [1.29, 1.82) is 0 Å². The minimum absolute atomic E-state index is 0.239. The first-order valence-electron chi connectivity index (χ1n) is 12.1. The smallest absolute Gasteiger partial charge is 0.338 e. The Balaban J connectivity index is 0.000000293. The van der Waals surface area contributed by atoms with Crippen molar-refractivity contribution in [2.24, 2.45) is 0 Å². The Kier molecular flexibility index (Phi) is 12.1. The molecule has 0 heterocycles. The third kappa shape index (κ3) is 10.3. The van der Waals surface area contributed by atoms with Crippen molar-refractivity contribution in [3.8, 4) is 0 Å². The first kappa shape index (κ1) is 30.5. The molecular formula is C31H32O8. The fourth-order valence-corrected chi connectivity index (χ4v) is 3.47. The van der Waals surface area contributed by atoms with Gasteiger partial charge in [0.1, 0.15) is 6.61 Å². The summed E-state index contributed by atoms with van der Waals surface area (Å²) in [6.07, 6.45) is 3.87. The second-order valence-corrected chi connectivity index (χ2v) is 8.51. The zero-order valence-electron chi connectivity index (χ0n) is 22.4. The summed E-state index contributed by atoms with van der Waals surface area (Å²) in [5.74, 6) is -2.00. The van der Waals surface area contributed by atoms with Crippen molar-refractivity contribution in [1.82, 2.24) is 0 Å². The largest absolute Gasteiger partial charge is 0.478 e. The highest BCUT2D eigenvalue weighted by Crippen LogP contribution is 2.15. The zero-order chi connectivity index (χ0) is 28.8. The number of esters is 3. The molecule has 0 fully saturated rings. The average Bonchev–Trinajstić information content (AvgIpc) is 2.94. The number of carboxylic acid groups (broad SMARTS) is 1. The fraction of sp³-hybridized carbons (Fsp3) is 0.226. The quantitative estimate of drug-likeness (QED) is 0.223. The molecule has 0 saturated heterocycles. The molecule has 204 valence electrons. The van der Waals surface area contributed by atoms with Gasteiger partial charge >= 0.3 is 23.9 Å². The van der Waals surface area contributed by atoms with Crippen LogP contribution in [0.15, 0.2) is 72.8 Å². The fourth-order valence-electron chi connectivity index (χ4n) is 3.47. The minimum Gasteiger partial charge on any atom is -0.478 e. The summed E-state index contributed by atoms with van der Waals surface area (Å²) in [5.41, 5.74) is 5.25. The molecule has 0 spiro atoms. The van der Waals surface area contributed by atoms with Crippen LogP contribution in [-0.4, -0.2) is 43.2 Å². The van der Waals surface area contributed by atoms with Crippen LogP contribution in [0.4, 0.5) is 0 Å². The molecule has 8 nitrogen and oxygen atoms in total. The van der Waals surface area contributed by atoms with E-state index in [1.807, 2.05) is 44.2 Å². The molecule has 3 aromatic carbocycles. The van der Waals surface area contributed by atoms with Gasteiger partial charge in [-0.1, -0.05) is 42.5 Å². The second-order valence-electron chi connectivity index (χ2n) is 8.51. The van der Waals surface area contributed by atoms with Crippen molar-refractivity contribution >= 4 is 30.0 Å². The molecule has 0 aromatic heterocycles. The van der Waals surface area contributed by atoms with Crippen molar-refractivity contribution in [2.45, 2.75) is 33.3 Å². The van der Waals surface area contributed by atoms with Gasteiger partial charge in [-0.2, -0.15) is 0 Å². The molecule has 0 aliphatic rings. The van der Waals surface area contributed by atoms with Crippen LogP contribution in [0.25, 0.3) is 6.08 Å². The van der Waals surface area contributed by atoms with Crippen molar-refractivity contribution in [3.63, 3.8) is 0 Å². The van der Waals surface area contributed by atoms with E-state index in [-0.39, 0.29) is 24.1 Å². The number of hydrogen-bond acceptors (Lipinski definition) is 7. The van der Waals surface area contributed by atoms with E-state index < -0.39 is 11.9 Å². The van der Waals surface area contributed by atoms with Crippen LogP contribution in [0.1, 0.15) is 55.0 Å². The highest BCUT2D eigenvalue weighted by Gasteiger charge is 2.09. The van der Waals surface area contributed by atoms with Crippen LogP contribution in [-0.2, 0) is 36.8 Å². The lowest BCUT2D eigenvalue weighted by molar-refractivity contribution is -0.140. The Morgan fingerprint density at radius 3 is 2.08 bits per heavy atom. The number of ether oxygens (including phenoxy) is 3. The molecule has 3 rings (SSSR count). The number of rotatable bonds is 9. The summed E-state index contributed by atoms with van der Waals surface area (Å²) in [6, 6.07) is 19.6. The van der Waals surface area contributed by atoms with E-state index >= 15 is 0 Å². The van der Waals surface area contributed by atoms with E-state index in [1.54, 1.807) is 42.5 Å². The van der Waals surface area contributed by atoms with Crippen LogP contribution in [0.5, 0.6) is 0 Å². The van der Waals surface area contributed by atoms with Crippen molar-refractivity contribution < 1.29 is 38.5 Å². The number of aromatic carboxylic acids is 1. The first-order chi connectivity index (χ1) is 18.6. The van der Waals surface area contributed by atoms with Crippen LogP contribution in [0, 0.1) is 13.8 Å². The van der Waals surface area contributed by atoms with E-state index in [9.17, 15) is 19.2 Å². The Bertz CT molecular complexity index is 1330. The van der Waals surface area contributed by atoms with E-state index in [1.165, 1.54) is 20.3 Å². The highest BCUT2D eigenvalue weighted by molar-refractivity contribution is 5.91. The Labute approximate surface area is 227 Å². The van der Waals surface area contributed by atoms with Crippen molar-refractivity contribution in [2.75, 3.05) is 14.2 Å². The average molecular weight is 533 g/mol. The lowest BCUT2D eigenvalue weighted by Gasteiger charge is -2.07. The molecule has 1 N–H and O–H groups in total. The van der Waals surface area contributed by atoms with Crippen LogP contribution < -0.4 is 0 Å². The highest BCUT2D eigenvalue weighted by atomic mass is 16.5. The molecule has 0 atom stereocenters. The molecule has 0 unspecified atom stereocenters. The number of carbonyl (C=O) groups is 4. The second kappa shape index (κ2) is 15.5. The number of methoxy groups -OCH3 is 2. The standard InChI is InChI=1S/C19H18O4.C12H14O4/c1-14-12-17(9-8-16(14)10-11-18(20)22-2)19(21)23-13-15-6-4-3-5-7-15;1-8-7-10(12(14)15)4-3-9(8)5-6-11(13)16-2/h3-12H,13H2,1-2H3;3-4,7H,5-6H2,1-2H3,(H,14,15). The lowest BCUT2D eigenvalue weighted by Crippen LogP contribution is -2.05. The molecule has 8 heteroatoms. The third-order valence-corrected chi connectivity index (χ3v) is 5.73. The lowest BCUT2D eigenvalue weighted by atomic mass is 10.0. The topological polar surface area (TPSA) is 116 Å². The number of aryl methyl sites for hydroxylation is 3. The summed E-state index contributed by atoms with van der Waals surface area (Å²) in [6.45, 7) is 3.94. The number of benzene rings is 3.